The minimum atomic E-state index is -0.645. The third kappa shape index (κ3) is 2.48. The van der Waals surface area contributed by atoms with Crippen LogP contribution in [0.15, 0.2) is 23.6 Å². The molecule has 0 bridgehead atoms. The summed E-state index contributed by atoms with van der Waals surface area (Å²) in [6.45, 7) is 0. The lowest BCUT2D eigenvalue weighted by molar-refractivity contribution is 0.0987. The standard InChI is InChI=1S/C12H11FN2O2S/c1-17-10-4-2-3-8(11(10)13)9(16)5-7-6-18-12(14)15-7/h2-4,6H,5H2,1H3,(H2,14,15). The van der Waals surface area contributed by atoms with Crippen LogP contribution in [0.5, 0.6) is 5.75 Å². The Morgan fingerprint density at radius 3 is 2.94 bits per heavy atom. The van der Waals surface area contributed by atoms with Crippen LogP contribution in [0.25, 0.3) is 0 Å². The van der Waals surface area contributed by atoms with Gasteiger partial charge in [-0.15, -0.1) is 11.3 Å². The number of anilines is 1. The zero-order valence-electron chi connectivity index (χ0n) is 9.64. The molecule has 2 rings (SSSR count). The molecule has 0 saturated heterocycles. The second-order valence-corrected chi connectivity index (χ2v) is 4.49. The number of methoxy groups -OCH3 is 1. The highest BCUT2D eigenvalue weighted by Crippen LogP contribution is 2.22. The second-order valence-electron chi connectivity index (χ2n) is 3.60. The molecule has 6 heteroatoms. The molecule has 0 fully saturated rings. The Morgan fingerprint density at radius 2 is 2.33 bits per heavy atom. The summed E-state index contributed by atoms with van der Waals surface area (Å²) in [6, 6.07) is 4.47. The number of nitrogens with two attached hydrogens (primary N) is 1. The summed E-state index contributed by atoms with van der Waals surface area (Å²) in [5.41, 5.74) is 6.02. The Morgan fingerprint density at radius 1 is 1.56 bits per heavy atom. The van der Waals surface area contributed by atoms with Crippen LogP contribution < -0.4 is 10.5 Å². The van der Waals surface area contributed by atoms with Gasteiger partial charge >= 0.3 is 0 Å². The molecular weight excluding hydrogens is 255 g/mol. The molecule has 1 aromatic carbocycles. The van der Waals surface area contributed by atoms with Gasteiger partial charge in [0, 0.05) is 5.38 Å². The van der Waals surface area contributed by atoms with Crippen LogP contribution in [0.1, 0.15) is 16.1 Å². The third-order valence-corrected chi connectivity index (χ3v) is 3.12. The number of Topliss-reactive ketones (excluding diaryl/α,β-unsaturated/α-hetero) is 1. The van der Waals surface area contributed by atoms with E-state index in [0.29, 0.717) is 10.8 Å². The fourth-order valence-corrected chi connectivity index (χ4v) is 2.11. The van der Waals surface area contributed by atoms with Gasteiger partial charge in [-0.2, -0.15) is 0 Å². The van der Waals surface area contributed by atoms with E-state index in [0.717, 1.165) is 0 Å². The number of rotatable bonds is 4. The Hall–Kier alpha value is -1.95. The highest BCUT2D eigenvalue weighted by atomic mass is 32.1. The monoisotopic (exact) mass is 266 g/mol. The summed E-state index contributed by atoms with van der Waals surface area (Å²) < 4.78 is 18.7. The number of carbonyl (C=O) groups is 1. The average molecular weight is 266 g/mol. The number of hydrogen-bond donors (Lipinski definition) is 1. The summed E-state index contributed by atoms with van der Waals surface area (Å²) in [5, 5.41) is 2.08. The highest BCUT2D eigenvalue weighted by molar-refractivity contribution is 7.13. The van der Waals surface area contributed by atoms with E-state index in [1.54, 1.807) is 11.4 Å². The fraction of sp³-hybridized carbons (Fsp3) is 0.167. The van der Waals surface area contributed by atoms with Crippen molar-refractivity contribution in [3.63, 3.8) is 0 Å². The van der Waals surface area contributed by atoms with Crippen LogP contribution in [0, 0.1) is 5.82 Å². The van der Waals surface area contributed by atoms with Gasteiger partial charge in [0.05, 0.1) is 24.8 Å². The molecule has 0 amide bonds. The van der Waals surface area contributed by atoms with E-state index in [1.165, 1.54) is 30.6 Å². The number of aromatic nitrogens is 1. The van der Waals surface area contributed by atoms with Gasteiger partial charge in [-0.05, 0) is 12.1 Å². The van der Waals surface area contributed by atoms with Gasteiger partial charge in [0.15, 0.2) is 22.5 Å². The number of thiazole rings is 1. The molecule has 94 valence electrons. The second kappa shape index (κ2) is 5.14. The van der Waals surface area contributed by atoms with Crippen LogP contribution in [0.2, 0.25) is 0 Å². The predicted molar refractivity (Wildman–Crippen MR) is 67.5 cm³/mol. The minimum Gasteiger partial charge on any atom is -0.494 e. The van der Waals surface area contributed by atoms with E-state index in [2.05, 4.69) is 4.98 Å². The molecule has 2 N–H and O–H groups in total. The van der Waals surface area contributed by atoms with Crippen molar-refractivity contribution < 1.29 is 13.9 Å². The van der Waals surface area contributed by atoms with Crippen LogP contribution >= 0.6 is 11.3 Å². The number of nitrogen functional groups attached to an aromatic ring is 1. The van der Waals surface area contributed by atoms with Crippen LogP contribution in [-0.4, -0.2) is 17.9 Å². The van der Waals surface area contributed by atoms with Crippen molar-refractivity contribution in [2.75, 3.05) is 12.8 Å². The number of hydrogen-bond acceptors (Lipinski definition) is 5. The van der Waals surface area contributed by atoms with E-state index in [9.17, 15) is 9.18 Å². The molecule has 1 heterocycles. The highest BCUT2D eigenvalue weighted by Gasteiger charge is 2.16. The molecule has 0 saturated carbocycles. The fourth-order valence-electron chi connectivity index (χ4n) is 1.55. The van der Waals surface area contributed by atoms with Gasteiger partial charge in [0.25, 0.3) is 0 Å². The van der Waals surface area contributed by atoms with Crippen molar-refractivity contribution in [3.05, 3.63) is 40.7 Å². The Bertz CT molecular complexity index is 583. The summed E-state index contributed by atoms with van der Waals surface area (Å²) in [4.78, 5) is 15.9. The maximum absolute atomic E-state index is 13.8. The van der Waals surface area contributed by atoms with E-state index in [1.807, 2.05) is 0 Å². The Kier molecular flexibility index (Phi) is 3.57. The van der Waals surface area contributed by atoms with Gasteiger partial charge in [0.1, 0.15) is 0 Å². The number of ketones is 1. The maximum atomic E-state index is 13.8. The number of benzene rings is 1. The van der Waals surface area contributed by atoms with Gasteiger partial charge in [-0.25, -0.2) is 9.37 Å². The van der Waals surface area contributed by atoms with E-state index in [4.69, 9.17) is 10.5 Å². The molecule has 4 nitrogen and oxygen atoms in total. The summed E-state index contributed by atoms with van der Waals surface area (Å²) >= 11 is 1.25. The summed E-state index contributed by atoms with van der Waals surface area (Å²) in [5.74, 6) is -0.941. The molecule has 0 spiro atoms. The first-order valence-electron chi connectivity index (χ1n) is 5.17. The van der Waals surface area contributed by atoms with Crippen molar-refractivity contribution >= 4 is 22.3 Å². The van der Waals surface area contributed by atoms with Crippen molar-refractivity contribution in [1.29, 1.82) is 0 Å². The third-order valence-electron chi connectivity index (χ3n) is 2.39. The SMILES string of the molecule is COc1cccc(C(=O)Cc2csc(N)n2)c1F. The lowest BCUT2D eigenvalue weighted by atomic mass is 10.1. The zero-order chi connectivity index (χ0) is 13.1. The van der Waals surface area contributed by atoms with Crippen molar-refractivity contribution in [1.82, 2.24) is 4.98 Å². The molecule has 0 atom stereocenters. The molecule has 1 aromatic heterocycles. The number of halogens is 1. The lowest BCUT2D eigenvalue weighted by Gasteiger charge is -2.05. The van der Waals surface area contributed by atoms with Crippen LogP contribution in [0.3, 0.4) is 0 Å². The van der Waals surface area contributed by atoms with Crippen molar-refractivity contribution in [3.8, 4) is 5.75 Å². The molecule has 0 aliphatic heterocycles. The Balaban J connectivity index is 2.24. The van der Waals surface area contributed by atoms with Gasteiger partial charge in [-0.1, -0.05) is 6.07 Å². The van der Waals surface area contributed by atoms with Crippen LogP contribution in [-0.2, 0) is 6.42 Å². The van der Waals surface area contributed by atoms with Crippen molar-refractivity contribution in [2.45, 2.75) is 6.42 Å². The number of nitrogens with zero attached hydrogens (tertiary/aromatic N) is 1. The molecule has 18 heavy (non-hydrogen) atoms. The largest absolute Gasteiger partial charge is 0.494 e. The molecule has 0 unspecified atom stereocenters. The van der Waals surface area contributed by atoms with Gasteiger partial charge in [-0.3, -0.25) is 4.79 Å². The molecule has 0 aliphatic carbocycles. The maximum Gasteiger partial charge on any atom is 0.180 e. The molecule has 2 aromatic rings. The number of carbonyl (C=O) groups excluding carboxylic acids is 1. The number of ether oxygens (including phenoxy) is 1. The van der Waals surface area contributed by atoms with Gasteiger partial charge < -0.3 is 10.5 Å². The Labute approximate surface area is 107 Å². The van der Waals surface area contributed by atoms with Crippen LogP contribution in [0.4, 0.5) is 9.52 Å². The van der Waals surface area contributed by atoms with E-state index in [-0.39, 0.29) is 23.5 Å². The average Bonchev–Trinajstić information content (AvgIpc) is 2.75. The molecule has 0 radical (unpaired) electrons. The molecular formula is C12H11FN2O2S. The first-order valence-corrected chi connectivity index (χ1v) is 6.05. The van der Waals surface area contributed by atoms with Gasteiger partial charge in [0.2, 0.25) is 0 Å². The minimum absolute atomic E-state index is 0.000853. The first-order chi connectivity index (χ1) is 8.61. The quantitative estimate of drug-likeness (QED) is 0.862. The smallest absolute Gasteiger partial charge is 0.180 e. The zero-order valence-corrected chi connectivity index (χ0v) is 10.5. The summed E-state index contributed by atoms with van der Waals surface area (Å²) in [6.07, 6.45) is 0.0256. The molecule has 0 aliphatic rings. The summed E-state index contributed by atoms with van der Waals surface area (Å²) in [7, 11) is 1.35. The van der Waals surface area contributed by atoms with E-state index < -0.39 is 5.82 Å². The lowest BCUT2D eigenvalue weighted by Crippen LogP contribution is -2.07. The topological polar surface area (TPSA) is 65.2 Å². The van der Waals surface area contributed by atoms with Crippen molar-refractivity contribution in [2.24, 2.45) is 0 Å². The predicted octanol–water partition coefficient (Wildman–Crippen LogP) is 2.30. The first kappa shape index (κ1) is 12.5. The normalized spacial score (nSPS) is 10.3. The van der Waals surface area contributed by atoms with E-state index >= 15 is 0 Å².